The number of aromatic nitrogens is 10. The van der Waals surface area contributed by atoms with E-state index in [0.717, 1.165) is 0 Å². The van der Waals surface area contributed by atoms with Gasteiger partial charge in [0.1, 0.15) is 6.26 Å². The van der Waals surface area contributed by atoms with Gasteiger partial charge < -0.3 is 9.51 Å². The Morgan fingerprint density at radius 3 is 1.97 bits per heavy atom. The Bertz CT molecular complexity index is 585. The van der Waals surface area contributed by atoms with Crippen LogP contribution in [0, 0.1) is 0 Å². The smallest absolute Gasteiger partial charge is 0.123 e. The minimum Gasteiger partial charge on any atom is -0.365 e. The summed E-state index contributed by atoms with van der Waals surface area (Å²) in [4.78, 5) is 10.2. The Balaban J connectivity index is 0.000000180. The molecular formula is C17H20N10OS2. The summed E-state index contributed by atoms with van der Waals surface area (Å²) in [6.45, 7) is 0. The van der Waals surface area contributed by atoms with Crippen molar-refractivity contribution in [2.45, 2.75) is 0 Å². The van der Waals surface area contributed by atoms with Gasteiger partial charge in [-0.2, -0.15) is 5.10 Å². The van der Waals surface area contributed by atoms with Gasteiger partial charge in [0.25, 0.3) is 0 Å². The number of aromatic amines is 3. The normalized spacial score (nSPS) is 8.00. The zero-order chi connectivity index (χ0) is 21.2. The van der Waals surface area contributed by atoms with Crippen LogP contribution in [0.1, 0.15) is 0 Å². The van der Waals surface area contributed by atoms with Gasteiger partial charge in [0.15, 0.2) is 0 Å². The van der Waals surface area contributed by atoms with Crippen molar-refractivity contribution in [2.24, 2.45) is 0 Å². The predicted molar refractivity (Wildman–Crippen MR) is 114 cm³/mol. The summed E-state index contributed by atoms with van der Waals surface area (Å²) < 4.78 is 8.10. The molecule has 0 aromatic carbocycles. The predicted octanol–water partition coefficient (Wildman–Crippen LogP) is 3.58. The van der Waals surface area contributed by atoms with Gasteiger partial charge in [-0.15, -0.1) is 16.4 Å². The number of rotatable bonds is 0. The first-order valence-electron chi connectivity index (χ1n) is 8.18. The highest BCUT2D eigenvalue weighted by Crippen LogP contribution is 1.86. The highest BCUT2D eigenvalue weighted by atomic mass is 32.1. The number of imidazole rings is 1. The maximum absolute atomic E-state index is 4.33. The molecule has 6 heterocycles. The summed E-state index contributed by atoms with van der Waals surface area (Å²) in [5, 5.41) is 22.7. The van der Waals surface area contributed by atoms with Crippen molar-refractivity contribution in [3.8, 4) is 0 Å². The van der Waals surface area contributed by atoms with E-state index in [1.165, 1.54) is 17.8 Å². The van der Waals surface area contributed by atoms with Crippen molar-refractivity contribution in [3.63, 3.8) is 0 Å². The average Bonchev–Trinajstić information content (AvgIpc) is 3.69. The SMILES string of the molecule is c1c[nH]cn1.c1c[nH]nn1.c1cn[nH]c1.c1cnoc1.c1cnsc1.c1cscn1. The van der Waals surface area contributed by atoms with E-state index in [1.54, 1.807) is 85.0 Å². The molecule has 0 amide bonds. The van der Waals surface area contributed by atoms with Crippen LogP contribution in [0.25, 0.3) is 0 Å². The van der Waals surface area contributed by atoms with Crippen LogP contribution in [0.3, 0.4) is 0 Å². The fourth-order valence-corrected chi connectivity index (χ4v) is 1.83. The fraction of sp³-hybridized carbons (Fsp3) is 0. The molecule has 0 radical (unpaired) electrons. The minimum absolute atomic E-state index is 1.46. The molecule has 6 rings (SSSR count). The molecule has 0 atom stereocenters. The van der Waals surface area contributed by atoms with Crippen LogP contribution in [-0.4, -0.2) is 50.1 Å². The van der Waals surface area contributed by atoms with E-state index in [9.17, 15) is 0 Å². The van der Waals surface area contributed by atoms with E-state index in [2.05, 4.69) is 54.6 Å². The number of H-pyrrole nitrogens is 3. The zero-order valence-electron chi connectivity index (χ0n) is 15.7. The van der Waals surface area contributed by atoms with Crippen LogP contribution in [-0.2, 0) is 0 Å². The lowest BCUT2D eigenvalue weighted by atomic mass is 10.8. The molecule has 156 valence electrons. The largest absolute Gasteiger partial charge is 0.365 e. The minimum atomic E-state index is 1.46. The molecule has 0 aliphatic rings. The van der Waals surface area contributed by atoms with Gasteiger partial charge >= 0.3 is 0 Å². The molecule has 0 aliphatic carbocycles. The summed E-state index contributed by atoms with van der Waals surface area (Å²) in [5.74, 6) is 0. The molecule has 0 aliphatic heterocycles. The summed E-state index contributed by atoms with van der Waals surface area (Å²) in [6.07, 6.45) is 18.4. The molecular weight excluding hydrogens is 424 g/mol. The molecule has 0 spiro atoms. The lowest BCUT2D eigenvalue weighted by Crippen LogP contribution is -1.61. The van der Waals surface area contributed by atoms with Crippen LogP contribution in [0.15, 0.2) is 107 Å². The van der Waals surface area contributed by atoms with Crippen LogP contribution in [0.4, 0.5) is 0 Å². The molecule has 11 nitrogen and oxygen atoms in total. The third-order valence-corrected chi connectivity index (χ3v) is 3.23. The Morgan fingerprint density at radius 1 is 0.767 bits per heavy atom. The number of hydrogen-bond acceptors (Lipinski definition) is 10. The Morgan fingerprint density at radius 2 is 1.77 bits per heavy atom. The van der Waals surface area contributed by atoms with E-state index in [-0.39, 0.29) is 0 Å². The van der Waals surface area contributed by atoms with Crippen molar-refractivity contribution in [1.29, 1.82) is 0 Å². The molecule has 6 aromatic heterocycles. The van der Waals surface area contributed by atoms with Gasteiger partial charge in [-0.1, -0.05) is 10.4 Å². The van der Waals surface area contributed by atoms with Gasteiger partial charge in [-0.05, 0) is 29.7 Å². The number of nitrogens with zero attached hydrogens (tertiary/aromatic N) is 7. The Kier molecular flexibility index (Phi) is 17.1. The van der Waals surface area contributed by atoms with Gasteiger partial charge in [0, 0.05) is 54.1 Å². The highest BCUT2D eigenvalue weighted by Gasteiger charge is 1.61. The first-order chi connectivity index (χ1) is 15.0. The second kappa shape index (κ2) is 21.3. The van der Waals surface area contributed by atoms with Gasteiger partial charge in [-0.3, -0.25) is 15.2 Å². The molecule has 0 bridgehead atoms. The lowest BCUT2D eigenvalue weighted by Gasteiger charge is -1.49. The monoisotopic (exact) mass is 444 g/mol. The number of nitrogens with one attached hydrogen (secondary N) is 3. The van der Waals surface area contributed by atoms with Gasteiger partial charge in [0.2, 0.25) is 0 Å². The van der Waals surface area contributed by atoms with E-state index in [1.807, 2.05) is 22.9 Å². The molecule has 6 aromatic rings. The third kappa shape index (κ3) is 18.8. The summed E-state index contributed by atoms with van der Waals surface area (Å²) in [5.41, 5.74) is 1.79. The Hall–Kier alpha value is -3.97. The second-order valence-corrected chi connectivity index (χ2v) is 5.69. The van der Waals surface area contributed by atoms with Crippen molar-refractivity contribution in [1.82, 2.24) is 50.1 Å². The van der Waals surface area contributed by atoms with Crippen LogP contribution in [0.5, 0.6) is 0 Å². The van der Waals surface area contributed by atoms with Crippen LogP contribution >= 0.6 is 22.9 Å². The van der Waals surface area contributed by atoms with Crippen molar-refractivity contribution in [3.05, 3.63) is 103 Å². The first-order valence-corrected chi connectivity index (χ1v) is 9.95. The molecule has 13 heteroatoms. The third-order valence-electron chi connectivity index (χ3n) is 2.18. The van der Waals surface area contributed by atoms with E-state index < -0.39 is 0 Å². The molecule has 30 heavy (non-hydrogen) atoms. The van der Waals surface area contributed by atoms with Crippen molar-refractivity contribution < 1.29 is 4.52 Å². The zero-order valence-corrected chi connectivity index (χ0v) is 17.3. The molecule has 0 unspecified atom stereocenters. The van der Waals surface area contributed by atoms with E-state index >= 15 is 0 Å². The lowest BCUT2D eigenvalue weighted by molar-refractivity contribution is 0.420. The average molecular weight is 445 g/mol. The molecule has 3 N–H and O–H groups in total. The Labute approximate surface area is 180 Å². The quantitative estimate of drug-likeness (QED) is 0.321. The standard InChI is InChI=1S/2C3H4N2.C3H3NO.2C3H3NS.C2H3N3/c1-2-5-3-4-1;2*1-2-4-5-3-1;1-2-5-3-4-1;2*1-2-4-5-3-1/h2*1-3H,(H,4,5);3*1-3H;1-2H,(H,3,4,5). The topological polar surface area (TPSA) is 151 Å². The van der Waals surface area contributed by atoms with E-state index in [0.29, 0.717) is 0 Å². The van der Waals surface area contributed by atoms with Crippen LogP contribution in [0.2, 0.25) is 0 Å². The highest BCUT2D eigenvalue weighted by molar-refractivity contribution is 7.07. The van der Waals surface area contributed by atoms with Gasteiger partial charge in [0.05, 0.1) is 24.2 Å². The maximum atomic E-state index is 4.33. The summed E-state index contributed by atoms with van der Waals surface area (Å²) >= 11 is 3.06. The van der Waals surface area contributed by atoms with Gasteiger partial charge in [-0.25, -0.2) is 9.36 Å². The molecule has 0 saturated heterocycles. The van der Waals surface area contributed by atoms with Crippen molar-refractivity contribution >= 4 is 22.9 Å². The second-order valence-electron chi connectivity index (χ2n) is 4.24. The molecule has 0 saturated carbocycles. The number of thiazole rings is 1. The maximum Gasteiger partial charge on any atom is 0.123 e. The van der Waals surface area contributed by atoms with E-state index in [4.69, 9.17) is 0 Å². The first kappa shape index (κ1) is 24.1. The van der Waals surface area contributed by atoms with Crippen LogP contribution < -0.4 is 0 Å². The fourth-order valence-electron chi connectivity index (χ4n) is 1.12. The summed E-state index contributed by atoms with van der Waals surface area (Å²) in [7, 11) is 0. The summed E-state index contributed by atoms with van der Waals surface area (Å²) in [6, 6.07) is 5.46. The van der Waals surface area contributed by atoms with Crippen molar-refractivity contribution in [2.75, 3.05) is 0 Å². The number of hydrogen-bond donors (Lipinski definition) is 3. The molecule has 0 fully saturated rings.